The van der Waals surface area contributed by atoms with Crippen LogP contribution in [-0.4, -0.2) is 32.2 Å². The van der Waals surface area contributed by atoms with Crippen molar-refractivity contribution in [1.82, 2.24) is 0 Å². The van der Waals surface area contributed by atoms with Crippen LogP contribution in [0, 0.1) is 0 Å². The fraction of sp³-hybridized carbons (Fsp3) is 0.500. The molecule has 2 rings (SSSR count). The van der Waals surface area contributed by atoms with E-state index in [1.54, 1.807) is 7.11 Å². The average molecular weight is 248 g/mol. The molecule has 0 amide bonds. The van der Waals surface area contributed by atoms with Gasteiger partial charge in [-0.15, -0.1) is 0 Å². The van der Waals surface area contributed by atoms with Crippen LogP contribution in [0.25, 0.3) is 0 Å². The molecule has 0 aliphatic carbocycles. The van der Waals surface area contributed by atoms with E-state index < -0.39 is 0 Å². The van der Waals surface area contributed by atoms with Crippen LogP contribution in [0.5, 0.6) is 5.75 Å². The van der Waals surface area contributed by atoms with Gasteiger partial charge in [0.2, 0.25) is 0 Å². The first-order chi connectivity index (χ1) is 8.83. The SMILES string of the molecule is COc1ccccc1CC1=NC(CCCN)CO1. The molecule has 4 nitrogen and oxygen atoms in total. The first-order valence-corrected chi connectivity index (χ1v) is 6.35. The lowest BCUT2D eigenvalue weighted by atomic mass is 10.1. The smallest absolute Gasteiger partial charge is 0.188 e. The predicted octanol–water partition coefficient (Wildman–Crippen LogP) is 1.77. The Morgan fingerprint density at radius 1 is 1.44 bits per heavy atom. The Hall–Kier alpha value is -1.55. The first kappa shape index (κ1) is 12.9. The van der Waals surface area contributed by atoms with Crippen molar-refractivity contribution in [3.05, 3.63) is 29.8 Å². The van der Waals surface area contributed by atoms with Crippen molar-refractivity contribution in [3.8, 4) is 5.75 Å². The number of nitrogens with two attached hydrogens (primary N) is 1. The van der Waals surface area contributed by atoms with E-state index >= 15 is 0 Å². The summed E-state index contributed by atoms with van der Waals surface area (Å²) in [5, 5.41) is 0. The molecule has 98 valence electrons. The molecule has 0 saturated heterocycles. The summed E-state index contributed by atoms with van der Waals surface area (Å²) in [6.45, 7) is 1.40. The third kappa shape index (κ3) is 3.23. The van der Waals surface area contributed by atoms with Crippen molar-refractivity contribution >= 4 is 5.90 Å². The van der Waals surface area contributed by atoms with E-state index in [2.05, 4.69) is 4.99 Å². The fourth-order valence-corrected chi connectivity index (χ4v) is 2.08. The fourth-order valence-electron chi connectivity index (χ4n) is 2.08. The Morgan fingerprint density at radius 2 is 2.28 bits per heavy atom. The molecular weight excluding hydrogens is 228 g/mol. The van der Waals surface area contributed by atoms with Crippen molar-refractivity contribution in [2.24, 2.45) is 10.7 Å². The van der Waals surface area contributed by atoms with Crippen LogP contribution in [0.15, 0.2) is 29.3 Å². The third-order valence-corrected chi connectivity index (χ3v) is 3.04. The Labute approximate surface area is 108 Å². The summed E-state index contributed by atoms with van der Waals surface area (Å²) in [4.78, 5) is 4.58. The van der Waals surface area contributed by atoms with Gasteiger partial charge in [0, 0.05) is 5.56 Å². The van der Waals surface area contributed by atoms with Gasteiger partial charge in [-0.05, 0) is 25.5 Å². The van der Waals surface area contributed by atoms with Crippen LogP contribution in [-0.2, 0) is 11.2 Å². The van der Waals surface area contributed by atoms with Gasteiger partial charge in [-0.3, -0.25) is 0 Å². The van der Waals surface area contributed by atoms with E-state index in [1.807, 2.05) is 24.3 Å². The zero-order valence-electron chi connectivity index (χ0n) is 10.8. The van der Waals surface area contributed by atoms with Gasteiger partial charge in [0.15, 0.2) is 5.90 Å². The molecule has 0 bridgehead atoms. The van der Waals surface area contributed by atoms with Gasteiger partial charge in [-0.1, -0.05) is 18.2 Å². The van der Waals surface area contributed by atoms with E-state index in [9.17, 15) is 0 Å². The van der Waals surface area contributed by atoms with Gasteiger partial charge in [0.05, 0.1) is 19.6 Å². The number of aliphatic imine (C=N–C) groups is 1. The highest BCUT2D eigenvalue weighted by Crippen LogP contribution is 2.20. The summed E-state index contributed by atoms with van der Waals surface area (Å²) in [6.07, 6.45) is 2.70. The number of ether oxygens (including phenoxy) is 2. The van der Waals surface area contributed by atoms with Gasteiger partial charge >= 0.3 is 0 Å². The van der Waals surface area contributed by atoms with Crippen molar-refractivity contribution in [3.63, 3.8) is 0 Å². The maximum atomic E-state index is 5.62. The molecule has 1 aliphatic heterocycles. The lowest BCUT2D eigenvalue weighted by molar-refractivity contribution is 0.305. The molecule has 1 unspecified atom stereocenters. The maximum absolute atomic E-state index is 5.62. The first-order valence-electron chi connectivity index (χ1n) is 6.35. The molecule has 18 heavy (non-hydrogen) atoms. The summed E-state index contributed by atoms with van der Waals surface area (Å²) in [5.41, 5.74) is 6.61. The van der Waals surface area contributed by atoms with Crippen LogP contribution < -0.4 is 10.5 Å². The highest BCUT2D eigenvalue weighted by atomic mass is 16.5. The van der Waals surface area contributed by atoms with Crippen molar-refractivity contribution in [2.45, 2.75) is 25.3 Å². The standard InChI is InChI=1S/C14H20N2O2/c1-17-13-7-3-2-5-11(13)9-14-16-12(10-18-14)6-4-8-15/h2-3,5,7,12H,4,6,8-10,15H2,1H3. The minimum Gasteiger partial charge on any atom is -0.496 e. The number of methoxy groups -OCH3 is 1. The molecule has 0 saturated carbocycles. The van der Waals surface area contributed by atoms with Gasteiger partial charge in [-0.25, -0.2) is 4.99 Å². The molecule has 1 heterocycles. The number of nitrogens with zero attached hydrogens (tertiary/aromatic N) is 1. The Morgan fingerprint density at radius 3 is 3.06 bits per heavy atom. The predicted molar refractivity (Wildman–Crippen MR) is 72.2 cm³/mol. The van der Waals surface area contributed by atoms with E-state index in [0.29, 0.717) is 19.6 Å². The van der Waals surface area contributed by atoms with Gasteiger partial charge in [-0.2, -0.15) is 0 Å². The molecule has 1 atom stereocenters. The third-order valence-electron chi connectivity index (χ3n) is 3.04. The number of hydrogen-bond donors (Lipinski definition) is 1. The van der Waals surface area contributed by atoms with Crippen LogP contribution >= 0.6 is 0 Å². The Bertz CT molecular complexity index is 418. The molecule has 0 fully saturated rings. The zero-order chi connectivity index (χ0) is 12.8. The molecule has 1 aliphatic rings. The lowest BCUT2D eigenvalue weighted by Gasteiger charge is -2.07. The number of benzene rings is 1. The quantitative estimate of drug-likeness (QED) is 0.834. The molecule has 2 N–H and O–H groups in total. The monoisotopic (exact) mass is 248 g/mol. The minimum atomic E-state index is 0.276. The molecule has 0 radical (unpaired) electrons. The second-order valence-corrected chi connectivity index (χ2v) is 4.41. The largest absolute Gasteiger partial charge is 0.496 e. The van der Waals surface area contributed by atoms with Gasteiger partial charge in [0.1, 0.15) is 12.4 Å². The molecule has 4 heteroatoms. The summed E-state index contributed by atoms with van der Waals surface area (Å²) in [5.74, 6) is 1.69. The second-order valence-electron chi connectivity index (χ2n) is 4.41. The van der Waals surface area contributed by atoms with E-state index in [0.717, 1.165) is 30.1 Å². The minimum absolute atomic E-state index is 0.276. The van der Waals surface area contributed by atoms with Crippen molar-refractivity contribution in [1.29, 1.82) is 0 Å². The van der Waals surface area contributed by atoms with Crippen LogP contribution in [0.1, 0.15) is 18.4 Å². The number of para-hydroxylation sites is 1. The van der Waals surface area contributed by atoms with E-state index in [1.165, 1.54) is 0 Å². The maximum Gasteiger partial charge on any atom is 0.188 e. The van der Waals surface area contributed by atoms with Crippen LogP contribution in [0.3, 0.4) is 0 Å². The number of hydrogen-bond acceptors (Lipinski definition) is 4. The Balaban J connectivity index is 1.97. The van der Waals surface area contributed by atoms with Crippen molar-refractivity contribution < 1.29 is 9.47 Å². The van der Waals surface area contributed by atoms with Crippen molar-refractivity contribution in [2.75, 3.05) is 20.3 Å². The topological polar surface area (TPSA) is 56.8 Å². The summed E-state index contributed by atoms with van der Waals surface area (Å²) in [6, 6.07) is 8.23. The molecule has 1 aromatic carbocycles. The molecule has 0 spiro atoms. The lowest BCUT2D eigenvalue weighted by Crippen LogP contribution is -2.09. The normalized spacial score (nSPS) is 18.3. The summed E-state index contributed by atoms with van der Waals surface area (Å²) in [7, 11) is 1.68. The summed E-state index contributed by atoms with van der Waals surface area (Å²) >= 11 is 0. The molecular formula is C14H20N2O2. The summed E-state index contributed by atoms with van der Waals surface area (Å²) < 4.78 is 10.9. The van der Waals surface area contributed by atoms with E-state index in [4.69, 9.17) is 15.2 Å². The zero-order valence-corrected chi connectivity index (χ0v) is 10.8. The molecule has 1 aromatic rings. The highest BCUT2D eigenvalue weighted by Gasteiger charge is 2.19. The average Bonchev–Trinajstić information content (AvgIpc) is 2.84. The van der Waals surface area contributed by atoms with Gasteiger partial charge < -0.3 is 15.2 Å². The van der Waals surface area contributed by atoms with Crippen LogP contribution in [0.2, 0.25) is 0 Å². The Kier molecular flexibility index (Phi) is 4.59. The number of rotatable bonds is 6. The highest BCUT2D eigenvalue weighted by molar-refractivity contribution is 5.80. The van der Waals surface area contributed by atoms with Gasteiger partial charge in [0.25, 0.3) is 0 Å². The molecule has 0 aromatic heterocycles. The van der Waals surface area contributed by atoms with E-state index in [-0.39, 0.29) is 6.04 Å². The van der Waals surface area contributed by atoms with Crippen LogP contribution in [0.4, 0.5) is 0 Å². The second kappa shape index (κ2) is 6.40.